The van der Waals surface area contributed by atoms with E-state index in [-0.39, 0.29) is 9.80 Å². The summed E-state index contributed by atoms with van der Waals surface area (Å²) < 4.78 is 25.3. The van der Waals surface area contributed by atoms with Crippen LogP contribution in [0.5, 0.6) is 0 Å². The molecule has 1 aliphatic heterocycles. The predicted molar refractivity (Wildman–Crippen MR) is 77.2 cm³/mol. The van der Waals surface area contributed by atoms with E-state index in [9.17, 15) is 13.2 Å². The topological polar surface area (TPSA) is 63.2 Å². The van der Waals surface area contributed by atoms with E-state index in [0.717, 1.165) is 4.47 Å². The average molecular weight is 344 g/mol. The summed E-state index contributed by atoms with van der Waals surface area (Å²) in [6.45, 7) is 5.41. The fourth-order valence-electron chi connectivity index (χ4n) is 1.80. The summed E-state index contributed by atoms with van der Waals surface area (Å²) in [5.74, 6) is -0.570. The largest absolute Gasteiger partial charge is 0.347 e. The second-order valence-electron chi connectivity index (χ2n) is 5.40. The number of carbonyl (C=O) groups is 1. The zero-order valence-corrected chi connectivity index (χ0v) is 13.2. The predicted octanol–water partition coefficient (Wildman–Crippen LogP) is 2.49. The molecule has 1 amide bonds. The number of rotatable bonds is 1. The normalized spacial score (nSPS) is 16.7. The second-order valence-corrected chi connectivity index (χ2v) is 8.20. The number of hydrogen-bond acceptors (Lipinski definition) is 3. The van der Waals surface area contributed by atoms with Gasteiger partial charge in [-0.2, -0.15) is 0 Å². The molecule has 1 N–H and O–H groups in total. The standard InChI is InChI=1S/C13H14BrNO3S/c1-13(2,3)15-12(16)11-7-8-6-9(14)4-5-10(8)19(11,17)18/h4-7H,1-3H3,(H,15,16). The average Bonchev–Trinajstić information content (AvgIpc) is 2.47. The van der Waals surface area contributed by atoms with Crippen LogP contribution in [0.2, 0.25) is 0 Å². The SMILES string of the molecule is CC(C)(C)NC(=O)C1=Cc2cc(Br)ccc2S1(=O)=O. The van der Waals surface area contributed by atoms with Gasteiger partial charge in [-0.25, -0.2) is 8.42 Å². The fraction of sp³-hybridized carbons (Fsp3) is 0.308. The lowest BCUT2D eigenvalue weighted by molar-refractivity contribution is -0.118. The van der Waals surface area contributed by atoms with Gasteiger partial charge in [-0.05, 0) is 50.6 Å². The van der Waals surface area contributed by atoms with Crippen molar-refractivity contribution >= 4 is 37.8 Å². The van der Waals surface area contributed by atoms with E-state index in [4.69, 9.17) is 0 Å². The zero-order valence-electron chi connectivity index (χ0n) is 10.8. The van der Waals surface area contributed by atoms with Crippen LogP contribution in [-0.4, -0.2) is 19.9 Å². The van der Waals surface area contributed by atoms with Crippen LogP contribution in [0.15, 0.2) is 32.5 Å². The molecule has 2 rings (SSSR count). The zero-order chi connectivity index (χ0) is 14.4. The minimum Gasteiger partial charge on any atom is -0.347 e. The number of benzene rings is 1. The Morgan fingerprint density at radius 3 is 2.47 bits per heavy atom. The van der Waals surface area contributed by atoms with E-state index in [2.05, 4.69) is 21.2 Å². The van der Waals surface area contributed by atoms with Crippen LogP contribution in [-0.2, 0) is 14.6 Å². The minimum atomic E-state index is -3.71. The van der Waals surface area contributed by atoms with Crippen molar-refractivity contribution in [1.29, 1.82) is 0 Å². The van der Waals surface area contributed by atoms with Gasteiger partial charge in [-0.1, -0.05) is 15.9 Å². The van der Waals surface area contributed by atoms with Gasteiger partial charge in [0.05, 0.1) is 4.90 Å². The number of carbonyl (C=O) groups excluding carboxylic acids is 1. The van der Waals surface area contributed by atoms with Crippen molar-refractivity contribution in [3.05, 3.63) is 33.1 Å². The summed E-state index contributed by atoms with van der Waals surface area (Å²) in [7, 11) is -3.71. The maximum atomic E-state index is 12.3. The summed E-state index contributed by atoms with van der Waals surface area (Å²) in [4.78, 5) is 12.0. The minimum absolute atomic E-state index is 0.176. The third-order valence-electron chi connectivity index (χ3n) is 2.55. The van der Waals surface area contributed by atoms with Gasteiger partial charge in [-0.3, -0.25) is 4.79 Å². The first kappa shape index (κ1) is 14.3. The van der Waals surface area contributed by atoms with Gasteiger partial charge in [0.1, 0.15) is 4.91 Å². The Labute approximate surface area is 120 Å². The van der Waals surface area contributed by atoms with E-state index < -0.39 is 21.3 Å². The molecule has 0 spiro atoms. The molecule has 1 aromatic carbocycles. The molecule has 0 atom stereocenters. The highest BCUT2D eigenvalue weighted by Crippen LogP contribution is 2.34. The van der Waals surface area contributed by atoms with Crippen molar-refractivity contribution in [1.82, 2.24) is 5.32 Å². The molecule has 0 radical (unpaired) electrons. The molecular formula is C13H14BrNO3S. The Morgan fingerprint density at radius 2 is 1.89 bits per heavy atom. The van der Waals surface area contributed by atoms with Gasteiger partial charge in [0.2, 0.25) is 9.84 Å². The molecule has 1 heterocycles. The Kier molecular flexibility index (Phi) is 3.35. The molecule has 102 valence electrons. The lowest BCUT2D eigenvalue weighted by atomic mass is 10.1. The Morgan fingerprint density at radius 1 is 1.26 bits per heavy atom. The van der Waals surface area contributed by atoms with E-state index >= 15 is 0 Å². The highest BCUT2D eigenvalue weighted by Gasteiger charge is 2.35. The molecule has 0 unspecified atom stereocenters. The molecule has 19 heavy (non-hydrogen) atoms. The molecule has 0 bridgehead atoms. The van der Waals surface area contributed by atoms with Crippen molar-refractivity contribution in [2.24, 2.45) is 0 Å². The van der Waals surface area contributed by atoms with Gasteiger partial charge in [0.15, 0.2) is 0 Å². The Hall–Kier alpha value is -1.14. The van der Waals surface area contributed by atoms with E-state index in [1.165, 1.54) is 12.1 Å². The lowest BCUT2D eigenvalue weighted by Crippen LogP contribution is -2.42. The van der Waals surface area contributed by atoms with Gasteiger partial charge in [0, 0.05) is 10.0 Å². The monoisotopic (exact) mass is 343 g/mol. The van der Waals surface area contributed by atoms with E-state index in [1.807, 2.05) is 0 Å². The van der Waals surface area contributed by atoms with Crippen LogP contribution in [0.4, 0.5) is 0 Å². The van der Waals surface area contributed by atoms with E-state index in [0.29, 0.717) is 5.56 Å². The molecule has 0 aromatic heterocycles. The molecule has 1 aromatic rings. The highest BCUT2D eigenvalue weighted by molar-refractivity contribution is 9.10. The highest BCUT2D eigenvalue weighted by atomic mass is 79.9. The summed E-state index contributed by atoms with van der Waals surface area (Å²) >= 11 is 3.28. The summed E-state index contributed by atoms with van der Waals surface area (Å²) in [6.07, 6.45) is 1.41. The van der Waals surface area contributed by atoms with Crippen LogP contribution in [0.25, 0.3) is 6.08 Å². The van der Waals surface area contributed by atoms with Crippen molar-refractivity contribution in [3.63, 3.8) is 0 Å². The third-order valence-corrected chi connectivity index (χ3v) is 4.88. The maximum Gasteiger partial charge on any atom is 0.263 e. The van der Waals surface area contributed by atoms with Crippen LogP contribution in [0.1, 0.15) is 26.3 Å². The molecular weight excluding hydrogens is 330 g/mol. The number of hydrogen-bond donors (Lipinski definition) is 1. The van der Waals surface area contributed by atoms with Gasteiger partial charge in [-0.15, -0.1) is 0 Å². The molecule has 1 aliphatic rings. The molecule has 6 heteroatoms. The number of halogens is 1. The first-order valence-corrected chi connectivity index (χ1v) is 7.98. The van der Waals surface area contributed by atoms with Gasteiger partial charge < -0.3 is 5.32 Å². The number of nitrogens with one attached hydrogen (secondary N) is 1. The Balaban J connectivity index is 2.46. The van der Waals surface area contributed by atoms with Crippen molar-refractivity contribution in [2.75, 3.05) is 0 Å². The van der Waals surface area contributed by atoms with Crippen LogP contribution < -0.4 is 5.32 Å². The molecule has 0 saturated carbocycles. The van der Waals surface area contributed by atoms with E-state index in [1.54, 1.807) is 32.9 Å². The first-order chi connectivity index (χ1) is 8.61. The van der Waals surface area contributed by atoms with Gasteiger partial charge >= 0.3 is 0 Å². The number of sulfone groups is 1. The first-order valence-electron chi connectivity index (χ1n) is 5.70. The molecule has 4 nitrogen and oxygen atoms in total. The second kappa shape index (κ2) is 4.45. The third kappa shape index (κ3) is 2.74. The molecule has 0 saturated heterocycles. The van der Waals surface area contributed by atoms with Crippen LogP contribution in [0.3, 0.4) is 0 Å². The van der Waals surface area contributed by atoms with Crippen LogP contribution >= 0.6 is 15.9 Å². The lowest BCUT2D eigenvalue weighted by Gasteiger charge is -2.20. The van der Waals surface area contributed by atoms with Crippen molar-refractivity contribution in [3.8, 4) is 0 Å². The van der Waals surface area contributed by atoms with Crippen molar-refractivity contribution in [2.45, 2.75) is 31.2 Å². The Bertz CT molecular complexity index is 684. The summed E-state index contributed by atoms with van der Waals surface area (Å²) in [5, 5.41) is 2.67. The van der Waals surface area contributed by atoms with Gasteiger partial charge in [0.25, 0.3) is 5.91 Å². The smallest absolute Gasteiger partial charge is 0.263 e. The number of fused-ring (bicyclic) bond motifs is 1. The molecule has 0 fully saturated rings. The quantitative estimate of drug-likeness (QED) is 0.851. The maximum absolute atomic E-state index is 12.3. The van der Waals surface area contributed by atoms with Crippen molar-refractivity contribution < 1.29 is 13.2 Å². The van der Waals surface area contributed by atoms with Crippen LogP contribution in [0, 0.1) is 0 Å². The summed E-state index contributed by atoms with van der Waals surface area (Å²) in [6, 6.07) is 4.84. The number of amides is 1. The summed E-state index contributed by atoms with van der Waals surface area (Å²) in [5.41, 5.74) is 0.0523. The fourth-order valence-corrected chi connectivity index (χ4v) is 3.67. The molecule has 0 aliphatic carbocycles.